The van der Waals surface area contributed by atoms with Crippen molar-refractivity contribution in [2.45, 2.75) is 20.4 Å². The molecule has 26 heavy (non-hydrogen) atoms. The second-order valence-electron chi connectivity index (χ2n) is 5.93. The second kappa shape index (κ2) is 7.47. The number of aromatic nitrogens is 2. The lowest BCUT2D eigenvalue weighted by Gasteiger charge is -2.19. The summed E-state index contributed by atoms with van der Waals surface area (Å²) < 4.78 is 15.5. The van der Waals surface area contributed by atoms with Crippen molar-refractivity contribution in [1.82, 2.24) is 14.5 Å². The normalized spacial score (nSPS) is 10.9. The first-order valence-electron chi connectivity index (χ1n) is 8.58. The van der Waals surface area contributed by atoms with Crippen LogP contribution in [0.1, 0.15) is 29.8 Å². The van der Waals surface area contributed by atoms with Crippen LogP contribution in [0.2, 0.25) is 0 Å². The van der Waals surface area contributed by atoms with Crippen molar-refractivity contribution in [3.05, 3.63) is 76.0 Å². The largest absolute Gasteiger partial charge is 0.339 e. The summed E-state index contributed by atoms with van der Waals surface area (Å²) in [4.78, 5) is 31.6. The summed E-state index contributed by atoms with van der Waals surface area (Å²) in [6.07, 6.45) is 1.57. The Kier molecular flexibility index (Phi) is 5.11. The Morgan fingerprint density at radius 2 is 1.88 bits per heavy atom. The van der Waals surface area contributed by atoms with Gasteiger partial charge in [-0.2, -0.15) is 0 Å². The molecule has 5 nitrogen and oxygen atoms in total. The number of amides is 1. The van der Waals surface area contributed by atoms with Crippen molar-refractivity contribution in [3.8, 4) is 0 Å². The van der Waals surface area contributed by atoms with Gasteiger partial charge in [-0.25, -0.2) is 9.37 Å². The monoisotopic (exact) mass is 353 g/mol. The topological polar surface area (TPSA) is 55.2 Å². The third-order valence-electron chi connectivity index (χ3n) is 4.42. The van der Waals surface area contributed by atoms with E-state index in [1.807, 2.05) is 13.8 Å². The Morgan fingerprint density at radius 3 is 2.58 bits per heavy atom. The molecule has 0 fully saturated rings. The molecule has 2 aromatic heterocycles. The van der Waals surface area contributed by atoms with Crippen molar-refractivity contribution in [3.63, 3.8) is 0 Å². The lowest BCUT2D eigenvalue weighted by Crippen LogP contribution is -2.37. The van der Waals surface area contributed by atoms with E-state index in [0.29, 0.717) is 29.7 Å². The quantitative estimate of drug-likeness (QED) is 0.708. The fourth-order valence-corrected chi connectivity index (χ4v) is 2.98. The van der Waals surface area contributed by atoms with Gasteiger partial charge in [0, 0.05) is 30.2 Å². The minimum absolute atomic E-state index is 0.0123. The smallest absolute Gasteiger partial charge is 0.265 e. The van der Waals surface area contributed by atoms with E-state index in [0.717, 1.165) is 0 Å². The number of hydrogen-bond acceptors (Lipinski definition) is 3. The Hall–Kier alpha value is -3.02. The molecule has 0 aliphatic rings. The van der Waals surface area contributed by atoms with Crippen LogP contribution < -0.4 is 5.56 Å². The predicted octanol–water partition coefficient (Wildman–Crippen LogP) is 3.07. The van der Waals surface area contributed by atoms with Gasteiger partial charge in [-0.15, -0.1) is 0 Å². The van der Waals surface area contributed by atoms with E-state index in [-0.39, 0.29) is 18.0 Å². The van der Waals surface area contributed by atoms with Crippen molar-refractivity contribution < 1.29 is 9.18 Å². The van der Waals surface area contributed by atoms with Gasteiger partial charge in [-0.3, -0.25) is 14.2 Å². The first-order valence-corrected chi connectivity index (χ1v) is 8.58. The zero-order valence-electron chi connectivity index (χ0n) is 14.8. The minimum atomic E-state index is -0.462. The first kappa shape index (κ1) is 17.8. The molecule has 0 saturated heterocycles. The molecule has 0 bridgehead atoms. The van der Waals surface area contributed by atoms with Crippen LogP contribution in [0.15, 0.2) is 53.5 Å². The molecule has 3 rings (SSSR count). The number of fused-ring (bicyclic) bond motifs is 1. The van der Waals surface area contributed by atoms with E-state index >= 15 is 0 Å². The molecule has 1 amide bonds. The molecule has 0 atom stereocenters. The average Bonchev–Trinajstić information content (AvgIpc) is 2.66. The molecule has 0 N–H and O–H groups in total. The highest BCUT2D eigenvalue weighted by Gasteiger charge is 2.20. The average molecular weight is 353 g/mol. The Balaban J connectivity index is 2.21. The lowest BCUT2D eigenvalue weighted by molar-refractivity contribution is 0.0771. The van der Waals surface area contributed by atoms with Crippen molar-refractivity contribution in [2.75, 3.05) is 13.1 Å². The highest BCUT2D eigenvalue weighted by Crippen LogP contribution is 2.15. The molecule has 0 radical (unpaired) electrons. The van der Waals surface area contributed by atoms with Crippen molar-refractivity contribution in [2.24, 2.45) is 0 Å². The van der Waals surface area contributed by atoms with Crippen LogP contribution in [0.5, 0.6) is 0 Å². The maximum atomic E-state index is 14.1. The number of rotatable bonds is 5. The summed E-state index contributed by atoms with van der Waals surface area (Å²) in [7, 11) is 0. The molecule has 0 unspecified atom stereocenters. The summed E-state index contributed by atoms with van der Waals surface area (Å²) in [5.74, 6) is -0.725. The third kappa shape index (κ3) is 3.22. The van der Waals surface area contributed by atoms with Gasteiger partial charge in [0.25, 0.3) is 11.5 Å². The summed E-state index contributed by atoms with van der Waals surface area (Å²) in [6.45, 7) is 4.75. The maximum absolute atomic E-state index is 14.1. The molecule has 1 aromatic carbocycles. The number of carbonyl (C=O) groups excluding carboxylic acids is 1. The van der Waals surface area contributed by atoms with Crippen LogP contribution in [0.3, 0.4) is 0 Å². The standard InChI is InChI=1S/C20H20FN3O2/c1-3-23(4-2)19(25)16-12-14-9-7-11-22-18(14)24(20(16)26)13-15-8-5-6-10-17(15)21/h5-12H,3-4,13H2,1-2H3. The lowest BCUT2D eigenvalue weighted by atomic mass is 10.1. The van der Waals surface area contributed by atoms with Gasteiger partial charge in [0.2, 0.25) is 0 Å². The van der Waals surface area contributed by atoms with Gasteiger partial charge >= 0.3 is 0 Å². The van der Waals surface area contributed by atoms with Crippen molar-refractivity contribution >= 4 is 16.9 Å². The molecule has 134 valence electrons. The molecule has 0 saturated carbocycles. The molecular weight excluding hydrogens is 333 g/mol. The number of halogens is 1. The Bertz CT molecular complexity index is 1010. The van der Waals surface area contributed by atoms with Crippen LogP contribution in [0.4, 0.5) is 4.39 Å². The van der Waals surface area contributed by atoms with E-state index in [1.54, 1.807) is 47.5 Å². The summed E-state index contributed by atoms with van der Waals surface area (Å²) in [6, 6.07) is 11.4. The number of hydrogen-bond donors (Lipinski definition) is 0. The van der Waals surface area contributed by atoms with Crippen molar-refractivity contribution in [1.29, 1.82) is 0 Å². The van der Waals surface area contributed by atoms with Gasteiger partial charge in [-0.05, 0) is 38.1 Å². The number of nitrogens with zero attached hydrogens (tertiary/aromatic N) is 3. The summed E-state index contributed by atoms with van der Waals surface area (Å²) in [5, 5.41) is 0.666. The number of carbonyl (C=O) groups is 1. The van der Waals surface area contributed by atoms with Gasteiger partial charge in [0.05, 0.1) is 6.54 Å². The Morgan fingerprint density at radius 1 is 1.15 bits per heavy atom. The van der Waals surface area contributed by atoms with Gasteiger partial charge in [0.15, 0.2) is 0 Å². The molecule has 6 heteroatoms. The van der Waals surface area contributed by atoms with E-state index in [2.05, 4.69) is 4.98 Å². The minimum Gasteiger partial charge on any atom is -0.339 e. The maximum Gasteiger partial charge on any atom is 0.265 e. The first-order chi connectivity index (χ1) is 12.6. The predicted molar refractivity (Wildman–Crippen MR) is 98.8 cm³/mol. The highest BCUT2D eigenvalue weighted by atomic mass is 19.1. The van der Waals surface area contributed by atoms with Gasteiger partial charge in [-0.1, -0.05) is 18.2 Å². The number of pyridine rings is 2. The SMILES string of the molecule is CCN(CC)C(=O)c1cc2cccnc2n(Cc2ccccc2F)c1=O. The molecule has 3 aromatic rings. The molecule has 0 aliphatic heterocycles. The molecule has 0 spiro atoms. The van der Waals surface area contributed by atoms with Crippen LogP contribution in [-0.4, -0.2) is 33.4 Å². The van der Waals surface area contributed by atoms with Crippen LogP contribution in [0, 0.1) is 5.82 Å². The van der Waals surface area contributed by atoms with Gasteiger partial charge < -0.3 is 4.90 Å². The van der Waals surface area contributed by atoms with Gasteiger partial charge in [0.1, 0.15) is 17.0 Å². The highest BCUT2D eigenvalue weighted by molar-refractivity contribution is 5.96. The Labute approximate surface area is 150 Å². The van der Waals surface area contributed by atoms with E-state index in [1.165, 1.54) is 10.6 Å². The molecular formula is C20H20FN3O2. The van der Waals surface area contributed by atoms with Crippen LogP contribution >= 0.6 is 0 Å². The van der Waals surface area contributed by atoms with Crippen LogP contribution in [0.25, 0.3) is 11.0 Å². The second-order valence-corrected chi connectivity index (χ2v) is 5.93. The zero-order valence-corrected chi connectivity index (χ0v) is 14.8. The van der Waals surface area contributed by atoms with E-state index in [9.17, 15) is 14.0 Å². The fraction of sp³-hybridized carbons (Fsp3) is 0.250. The van der Waals surface area contributed by atoms with E-state index < -0.39 is 11.4 Å². The number of benzene rings is 1. The fourth-order valence-electron chi connectivity index (χ4n) is 2.98. The summed E-state index contributed by atoms with van der Waals surface area (Å²) >= 11 is 0. The third-order valence-corrected chi connectivity index (χ3v) is 4.42. The molecule has 0 aliphatic carbocycles. The molecule has 2 heterocycles. The van der Waals surface area contributed by atoms with E-state index in [4.69, 9.17) is 0 Å². The zero-order chi connectivity index (χ0) is 18.7. The summed E-state index contributed by atoms with van der Waals surface area (Å²) in [5.41, 5.74) is 0.410. The van der Waals surface area contributed by atoms with Crippen LogP contribution in [-0.2, 0) is 6.54 Å².